The highest BCUT2D eigenvalue weighted by Crippen LogP contribution is 2.25. The summed E-state index contributed by atoms with van der Waals surface area (Å²) in [6.45, 7) is 4.33. The van der Waals surface area contributed by atoms with Gasteiger partial charge in [-0.3, -0.25) is 4.79 Å². The molecule has 0 aromatic rings. The number of rotatable bonds is 4. The van der Waals surface area contributed by atoms with E-state index in [2.05, 4.69) is 10.2 Å². The third-order valence-corrected chi connectivity index (χ3v) is 3.90. The van der Waals surface area contributed by atoms with Gasteiger partial charge in [0.1, 0.15) is 0 Å². The van der Waals surface area contributed by atoms with Crippen molar-refractivity contribution in [3.8, 4) is 0 Å². The number of nitrogens with zero attached hydrogens (tertiary/aromatic N) is 1. The second-order valence-electron chi connectivity index (χ2n) is 5.17. The molecule has 1 aliphatic heterocycles. The SMILES string of the molecule is O=C(NCCN1CCCCCC1)C1CCC1. The summed E-state index contributed by atoms with van der Waals surface area (Å²) >= 11 is 0. The number of hydrogen-bond acceptors (Lipinski definition) is 2. The minimum Gasteiger partial charge on any atom is -0.355 e. The Hall–Kier alpha value is -0.570. The first-order valence-electron chi connectivity index (χ1n) is 6.86. The molecule has 1 saturated carbocycles. The van der Waals surface area contributed by atoms with Gasteiger partial charge in [-0.05, 0) is 38.8 Å². The molecule has 1 amide bonds. The van der Waals surface area contributed by atoms with E-state index < -0.39 is 0 Å². The molecule has 2 rings (SSSR count). The normalized spacial score (nSPS) is 23.5. The second kappa shape index (κ2) is 6.24. The zero-order chi connectivity index (χ0) is 11.2. The molecule has 0 atom stereocenters. The fraction of sp³-hybridized carbons (Fsp3) is 0.923. The van der Waals surface area contributed by atoms with Crippen LogP contribution in [0.5, 0.6) is 0 Å². The van der Waals surface area contributed by atoms with Gasteiger partial charge >= 0.3 is 0 Å². The summed E-state index contributed by atoms with van der Waals surface area (Å²) in [7, 11) is 0. The van der Waals surface area contributed by atoms with Crippen LogP contribution in [0.2, 0.25) is 0 Å². The van der Waals surface area contributed by atoms with E-state index in [1.165, 1.54) is 45.2 Å². The maximum absolute atomic E-state index is 11.6. The zero-order valence-corrected chi connectivity index (χ0v) is 10.2. The summed E-state index contributed by atoms with van der Waals surface area (Å²) < 4.78 is 0. The molecule has 1 saturated heterocycles. The van der Waals surface area contributed by atoms with Crippen LogP contribution >= 0.6 is 0 Å². The molecule has 0 radical (unpaired) electrons. The van der Waals surface area contributed by atoms with E-state index in [9.17, 15) is 4.79 Å². The van der Waals surface area contributed by atoms with Crippen LogP contribution < -0.4 is 5.32 Å². The van der Waals surface area contributed by atoms with Gasteiger partial charge in [0.05, 0.1) is 0 Å². The lowest BCUT2D eigenvalue weighted by Gasteiger charge is -2.25. The van der Waals surface area contributed by atoms with Crippen LogP contribution in [-0.4, -0.2) is 37.0 Å². The molecule has 0 bridgehead atoms. The summed E-state index contributed by atoms with van der Waals surface area (Å²) in [6, 6.07) is 0. The lowest BCUT2D eigenvalue weighted by molar-refractivity contribution is -0.127. The van der Waals surface area contributed by atoms with E-state index in [-0.39, 0.29) is 0 Å². The summed E-state index contributed by atoms with van der Waals surface area (Å²) in [6.07, 6.45) is 8.87. The van der Waals surface area contributed by atoms with Crippen molar-refractivity contribution in [2.75, 3.05) is 26.2 Å². The minimum absolute atomic E-state index is 0.293. The van der Waals surface area contributed by atoms with Gasteiger partial charge in [-0.2, -0.15) is 0 Å². The molecule has 0 spiro atoms. The third kappa shape index (κ3) is 3.48. The summed E-state index contributed by atoms with van der Waals surface area (Å²) in [5, 5.41) is 3.07. The van der Waals surface area contributed by atoms with E-state index in [4.69, 9.17) is 0 Å². The summed E-state index contributed by atoms with van der Waals surface area (Å²) in [5.74, 6) is 0.630. The number of carbonyl (C=O) groups excluding carboxylic acids is 1. The molecular formula is C13H24N2O. The van der Waals surface area contributed by atoms with E-state index in [1.54, 1.807) is 0 Å². The third-order valence-electron chi connectivity index (χ3n) is 3.90. The molecule has 92 valence electrons. The quantitative estimate of drug-likeness (QED) is 0.789. The van der Waals surface area contributed by atoms with Crippen molar-refractivity contribution >= 4 is 5.91 Å². The summed E-state index contributed by atoms with van der Waals surface area (Å²) in [4.78, 5) is 14.1. The van der Waals surface area contributed by atoms with E-state index in [0.29, 0.717) is 11.8 Å². The Morgan fingerprint density at radius 2 is 1.75 bits per heavy atom. The molecule has 0 unspecified atom stereocenters. The van der Waals surface area contributed by atoms with Gasteiger partial charge in [0, 0.05) is 19.0 Å². The van der Waals surface area contributed by atoms with Crippen LogP contribution in [0.4, 0.5) is 0 Å². The number of carbonyl (C=O) groups is 1. The molecule has 3 heteroatoms. The Bertz CT molecular complexity index is 218. The molecule has 0 aromatic carbocycles. The van der Waals surface area contributed by atoms with Gasteiger partial charge in [0.25, 0.3) is 0 Å². The highest BCUT2D eigenvalue weighted by atomic mass is 16.1. The molecule has 1 N–H and O–H groups in total. The molecule has 1 aliphatic carbocycles. The Balaban J connectivity index is 1.57. The Labute approximate surface area is 98.6 Å². The van der Waals surface area contributed by atoms with Gasteiger partial charge in [-0.25, -0.2) is 0 Å². The Morgan fingerprint density at radius 3 is 2.31 bits per heavy atom. The van der Waals surface area contributed by atoms with Crippen LogP contribution in [0.3, 0.4) is 0 Å². The van der Waals surface area contributed by atoms with Crippen molar-refractivity contribution in [3.63, 3.8) is 0 Å². The van der Waals surface area contributed by atoms with E-state index in [0.717, 1.165) is 25.9 Å². The number of likely N-dealkylation sites (tertiary alicyclic amines) is 1. The van der Waals surface area contributed by atoms with Crippen molar-refractivity contribution in [3.05, 3.63) is 0 Å². The van der Waals surface area contributed by atoms with E-state index in [1.807, 2.05) is 0 Å². The van der Waals surface area contributed by atoms with Crippen LogP contribution in [0, 0.1) is 5.92 Å². The number of amides is 1. The first-order chi connectivity index (χ1) is 7.86. The fourth-order valence-corrected chi connectivity index (χ4v) is 2.51. The highest BCUT2D eigenvalue weighted by molar-refractivity contribution is 5.79. The maximum atomic E-state index is 11.6. The molecule has 0 aromatic heterocycles. The van der Waals surface area contributed by atoms with Crippen molar-refractivity contribution in [1.82, 2.24) is 10.2 Å². The Kier molecular flexibility index (Phi) is 4.64. The van der Waals surface area contributed by atoms with Crippen molar-refractivity contribution in [2.24, 2.45) is 5.92 Å². The molecule has 3 nitrogen and oxygen atoms in total. The molecule has 16 heavy (non-hydrogen) atoms. The Morgan fingerprint density at radius 1 is 1.06 bits per heavy atom. The predicted octanol–water partition coefficient (Wildman–Crippen LogP) is 1.78. The van der Waals surface area contributed by atoms with Crippen LogP contribution in [0.15, 0.2) is 0 Å². The largest absolute Gasteiger partial charge is 0.355 e. The average Bonchev–Trinajstić information content (AvgIpc) is 2.43. The van der Waals surface area contributed by atoms with Gasteiger partial charge in [0.15, 0.2) is 0 Å². The van der Waals surface area contributed by atoms with Gasteiger partial charge < -0.3 is 10.2 Å². The van der Waals surface area contributed by atoms with Crippen LogP contribution in [-0.2, 0) is 4.79 Å². The topological polar surface area (TPSA) is 32.3 Å². The lowest BCUT2D eigenvalue weighted by atomic mass is 9.85. The number of nitrogens with one attached hydrogen (secondary N) is 1. The first-order valence-corrected chi connectivity index (χ1v) is 6.86. The zero-order valence-electron chi connectivity index (χ0n) is 10.2. The summed E-state index contributed by atoms with van der Waals surface area (Å²) in [5.41, 5.74) is 0. The van der Waals surface area contributed by atoms with Crippen molar-refractivity contribution in [1.29, 1.82) is 0 Å². The molecular weight excluding hydrogens is 200 g/mol. The maximum Gasteiger partial charge on any atom is 0.223 e. The van der Waals surface area contributed by atoms with Crippen molar-refractivity contribution in [2.45, 2.75) is 44.9 Å². The average molecular weight is 224 g/mol. The first kappa shape index (κ1) is 11.9. The van der Waals surface area contributed by atoms with E-state index >= 15 is 0 Å². The van der Waals surface area contributed by atoms with Gasteiger partial charge in [-0.1, -0.05) is 19.3 Å². The smallest absolute Gasteiger partial charge is 0.223 e. The van der Waals surface area contributed by atoms with Gasteiger partial charge in [0.2, 0.25) is 5.91 Å². The van der Waals surface area contributed by atoms with Crippen LogP contribution in [0.1, 0.15) is 44.9 Å². The van der Waals surface area contributed by atoms with Gasteiger partial charge in [-0.15, -0.1) is 0 Å². The molecule has 2 aliphatic rings. The fourth-order valence-electron chi connectivity index (χ4n) is 2.51. The molecule has 1 heterocycles. The second-order valence-corrected chi connectivity index (χ2v) is 5.17. The highest BCUT2D eigenvalue weighted by Gasteiger charge is 2.24. The standard InChI is InChI=1S/C13H24N2O/c16-13(12-6-5-7-12)14-8-11-15-9-3-1-2-4-10-15/h12H,1-11H2,(H,14,16). The van der Waals surface area contributed by atoms with Crippen molar-refractivity contribution < 1.29 is 4.79 Å². The monoisotopic (exact) mass is 224 g/mol. The minimum atomic E-state index is 0.293. The number of hydrogen-bond donors (Lipinski definition) is 1. The lowest BCUT2D eigenvalue weighted by Crippen LogP contribution is -2.39. The van der Waals surface area contributed by atoms with Crippen LogP contribution in [0.25, 0.3) is 0 Å². The molecule has 2 fully saturated rings. The predicted molar refractivity (Wildman–Crippen MR) is 65.3 cm³/mol.